The van der Waals surface area contributed by atoms with Gasteiger partial charge in [0, 0.05) is 35.9 Å². The highest BCUT2D eigenvalue weighted by atomic mass is 15.3. The van der Waals surface area contributed by atoms with Crippen molar-refractivity contribution >= 4 is 29.0 Å². The van der Waals surface area contributed by atoms with E-state index in [4.69, 9.17) is 9.97 Å². The first-order valence-corrected chi connectivity index (χ1v) is 10.7. The summed E-state index contributed by atoms with van der Waals surface area (Å²) in [7, 11) is 0. The number of rotatable bonds is 7. The second-order valence-electron chi connectivity index (χ2n) is 7.38. The Morgan fingerprint density at radius 1 is 0.545 bits per heavy atom. The highest BCUT2D eigenvalue weighted by Crippen LogP contribution is 2.32. The second kappa shape index (κ2) is 9.70. The van der Waals surface area contributed by atoms with Gasteiger partial charge in [0.15, 0.2) is 0 Å². The standard InChI is InChI=1S/C27H22N6/c1-2-12-23(13-3-1)33(26-16-8-11-22(30-26)20-21-10-4-6-18-28-21)27-17-9-15-25(32-27)31-24-14-5-7-19-29-24/h1-19H,20H2,(H,29,31,32). The topological polar surface area (TPSA) is 66.8 Å². The molecule has 0 amide bonds. The smallest absolute Gasteiger partial charge is 0.141 e. The highest BCUT2D eigenvalue weighted by molar-refractivity contribution is 5.73. The van der Waals surface area contributed by atoms with E-state index < -0.39 is 0 Å². The van der Waals surface area contributed by atoms with Gasteiger partial charge in [0.1, 0.15) is 23.3 Å². The maximum absolute atomic E-state index is 4.95. The van der Waals surface area contributed by atoms with Crippen molar-refractivity contribution in [2.24, 2.45) is 0 Å². The normalized spacial score (nSPS) is 10.5. The van der Waals surface area contributed by atoms with E-state index in [1.807, 2.05) is 108 Å². The largest absolute Gasteiger partial charge is 0.325 e. The molecule has 0 unspecified atom stereocenters. The van der Waals surface area contributed by atoms with Crippen molar-refractivity contribution in [2.75, 3.05) is 10.2 Å². The van der Waals surface area contributed by atoms with Crippen LogP contribution in [-0.4, -0.2) is 19.9 Å². The number of benzene rings is 1. The van der Waals surface area contributed by atoms with Gasteiger partial charge in [0.25, 0.3) is 0 Å². The van der Waals surface area contributed by atoms with Gasteiger partial charge >= 0.3 is 0 Å². The summed E-state index contributed by atoms with van der Waals surface area (Å²) in [6.07, 6.45) is 4.21. The zero-order valence-electron chi connectivity index (χ0n) is 17.9. The summed E-state index contributed by atoms with van der Waals surface area (Å²) in [4.78, 5) is 20.6. The average molecular weight is 431 g/mol. The zero-order chi connectivity index (χ0) is 22.3. The van der Waals surface area contributed by atoms with Crippen LogP contribution in [0.3, 0.4) is 0 Å². The van der Waals surface area contributed by atoms with Gasteiger partial charge in [0.05, 0.1) is 0 Å². The van der Waals surface area contributed by atoms with E-state index in [0.29, 0.717) is 12.2 Å². The molecule has 6 heteroatoms. The minimum atomic E-state index is 0.659. The van der Waals surface area contributed by atoms with Crippen molar-refractivity contribution in [1.82, 2.24) is 19.9 Å². The Hall–Kier alpha value is -4.58. The first-order chi connectivity index (χ1) is 16.3. The molecule has 0 radical (unpaired) electrons. The number of nitrogens with zero attached hydrogens (tertiary/aromatic N) is 5. The molecule has 6 nitrogen and oxygen atoms in total. The molecule has 4 heterocycles. The van der Waals surface area contributed by atoms with Gasteiger partial charge in [-0.15, -0.1) is 0 Å². The quantitative estimate of drug-likeness (QED) is 0.338. The van der Waals surface area contributed by atoms with Crippen LogP contribution >= 0.6 is 0 Å². The van der Waals surface area contributed by atoms with Crippen LogP contribution in [-0.2, 0) is 6.42 Å². The lowest BCUT2D eigenvalue weighted by Gasteiger charge is -2.24. The third-order valence-corrected chi connectivity index (χ3v) is 5.01. The Morgan fingerprint density at radius 2 is 1.21 bits per heavy atom. The molecule has 33 heavy (non-hydrogen) atoms. The summed E-state index contributed by atoms with van der Waals surface area (Å²) >= 11 is 0. The van der Waals surface area contributed by atoms with Crippen LogP contribution in [0, 0.1) is 0 Å². The Kier molecular flexibility index (Phi) is 5.98. The third kappa shape index (κ3) is 5.02. The molecule has 1 aromatic carbocycles. The van der Waals surface area contributed by atoms with Crippen LogP contribution in [0.2, 0.25) is 0 Å². The van der Waals surface area contributed by atoms with Crippen LogP contribution < -0.4 is 10.2 Å². The fraction of sp³-hybridized carbons (Fsp3) is 0.0370. The predicted molar refractivity (Wildman–Crippen MR) is 131 cm³/mol. The van der Waals surface area contributed by atoms with Crippen LogP contribution in [0.15, 0.2) is 116 Å². The predicted octanol–water partition coefficient (Wildman–Crippen LogP) is 6.07. The zero-order valence-corrected chi connectivity index (χ0v) is 17.9. The van der Waals surface area contributed by atoms with Crippen molar-refractivity contribution in [3.05, 3.63) is 127 Å². The molecule has 0 atom stereocenters. The van der Waals surface area contributed by atoms with E-state index in [-0.39, 0.29) is 0 Å². The lowest BCUT2D eigenvalue weighted by atomic mass is 10.2. The van der Waals surface area contributed by atoms with Gasteiger partial charge in [-0.2, -0.15) is 0 Å². The Bertz CT molecular complexity index is 1230. The van der Waals surface area contributed by atoms with E-state index in [1.165, 1.54) is 0 Å². The number of para-hydroxylation sites is 1. The lowest BCUT2D eigenvalue weighted by Crippen LogP contribution is -2.14. The summed E-state index contributed by atoms with van der Waals surface area (Å²) in [5, 5.41) is 3.27. The van der Waals surface area contributed by atoms with E-state index in [1.54, 1.807) is 12.4 Å². The maximum Gasteiger partial charge on any atom is 0.141 e. The molecule has 0 spiro atoms. The molecule has 1 N–H and O–H groups in total. The molecule has 0 bridgehead atoms. The first kappa shape index (κ1) is 20.3. The van der Waals surface area contributed by atoms with Crippen molar-refractivity contribution in [3.8, 4) is 0 Å². The van der Waals surface area contributed by atoms with Crippen LogP contribution in [0.4, 0.5) is 29.0 Å². The van der Waals surface area contributed by atoms with Crippen molar-refractivity contribution < 1.29 is 0 Å². The number of hydrogen-bond donors (Lipinski definition) is 1. The molecule has 5 aromatic rings. The minimum Gasteiger partial charge on any atom is -0.325 e. The van der Waals surface area contributed by atoms with Gasteiger partial charge in [-0.05, 0) is 60.7 Å². The molecule has 0 aliphatic carbocycles. The highest BCUT2D eigenvalue weighted by Gasteiger charge is 2.16. The molecule has 0 saturated carbocycles. The third-order valence-electron chi connectivity index (χ3n) is 5.01. The van der Waals surface area contributed by atoms with Gasteiger partial charge in [0.2, 0.25) is 0 Å². The molecule has 0 fully saturated rings. The number of hydrogen-bond acceptors (Lipinski definition) is 6. The first-order valence-electron chi connectivity index (χ1n) is 10.7. The summed E-state index contributed by atoms with van der Waals surface area (Å²) in [6.45, 7) is 0. The summed E-state index contributed by atoms with van der Waals surface area (Å²) in [5.41, 5.74) is 2.89. The monoisotopic (exact) mass is 430 g/mol. The average Bonchev–Trinajstić information content (AvgIpc) is 2.87. The van der Waals surface area contributed by atoms with E-state index in [9.17, 15) is 0 Å². The summed E-state index contributed by atoms with van der Waals surface area (Å²) in [5.74, 6) is 2.99. The van der Waals surface area contributed by atoms with Gasteiger partial charge in [-0.25, -0.2) is 15.0 Å². The van der Waals surface area contributed by atoms with E-state index in [2.05, 4.69) is 15.3 Å². The Balaban J connectivity index is 1.52. The van der Waals surface area contributed by atoms with E-state index >= 15 is 0 Å². The van der Waals surface area contributed by atoms with E-state index in [0.717, 1.165) is 34.5 Å². The molecule has 160 valence electrons. The Labute approximate surface area is 192 Å². The fourth-order valence-electron chi connectivity index (χ4n) is 3.52. The number of pyridine rings is 4. The minimum absolute atomic E-state index is 0.659. The number of aromatic nitrogens is 4. The SMILES string of the molecule is c1ccc(N(c2cccc(Cc3ccccn3)n2)c2cccc(Nc3ccccn3)n2)cc1. The lowest BCUT2D eigenvalue weighted by molar-refractivity contribution is 0.998. The fourth-order valence-corrected chi connectivity index (χ4v) is 3.52. The molecule has 0 aliphatic heterocycles. The Morgan fingerprint density at radius 3 is 1.97 bits per heavy atom. The molecule has 4 aromatic heterocycles. The summed E-state index contributed by atoms with van der Waals surface area (Å²) in [6, 6.07) is 33.7. The van der Waals surface area contributed by atoms with Crippen molar-refractivity contribution in [1.29, 1.82) is 0 Å². The maximum atomic E-state index is 4.95. The molecule has 5 rings (SSSR count). The second-order valence-corrected chi connectivity index (χ2v) is 7.38. The summed E-state index contributed by atoms with van der Waals surface area (Å²) < 4.78 is 0. The van der Waals surface area contributed by atoms with Crippen LogP contribution in [0.1, 0.15) is 11.4 Å². The molecular weight excluding hydrogens is 408 g/mol. The molecular formula is C27H22N6. The molecule has 0 aliphatic rings. The van der Waals surface area contributed by atoms with Gasteiger partial charge < -0.3 is 5.32 Å². The van der Waals surface area contributed by atoms with Crippen molar-refractivity contribution in [2.45, 2.75) is 6.42 Å². The van der Waals surface area contributed by atoms with Crippen LogP contribution in [0.5, 0.6) is 0 Å². The number of anilines is 5. The number of nitrogens with one attached hydrogen (secondary N) is 1. The van der Waals surface area contributed by atoms with Gasteiger partial charge in [-0.3, -0.25) is 9.88 Å². The van der Waals surface area contributed by atoms with Crippen LogP contribution in [0.25, 0.3) is 0 Å². The van der Waals surface area contributed by atoms with Crippen molar-refractivity contribution in [3.63, 3.8) is 0 Å². The van der Waals surface area contributed by atoms with Gasteiger partial charge in [-0.1, -0.05) is 42.5 Å². The molecule has 0 saturated heterocycles.